The zero-order valence-corrected chi connectivity index (χ0v) is 11.5. The molecule has 1 aromatic carbocycles. The van der Waals surface area contributed by atoms with Crippen LogP contribution in [0.15, 0.2) is 24.3 Å². The van der Waals surface area contributed by atoms with Crippen molar-refractivity contribution in [2.24, 2.45) is 0 Å². The van der Waals surface area contributed by atoms with Gasteiger partial charge in [-0.15, -0.1) is 0 Å². The Morgan fingerprint density at radius 3 is 2.29 bits per heavy atom. The molecule has 21 heavy (non-hydrogen) atoms. The molecule has 0 unspecified atom stereocenters. The highest BCUT2D eigenvalue weighted by atomic mass is 16.6. The maximum Gasteiger partial charge on any atom is 0.325 e. The van der Waals surface area contributed by atoms with Crippen LogP contribution >= 0.6 is 0 Å². The quantitative estimate of drug-likeness (QED) is 0.386. The molecule has 1 aromatic rings. The summed E-state index contributed by atoms with van der Waals surface area (Å²) in [6.45, 7) is 2.69. The molecule has 0 atom stereocenters. The lowest BCUT2D eigenvalue weighted by atomic mass is 10.1. The van der Waals surface area contributed by atoms with Crippen LogP contribution in [0.25, 0.3) is 0 Å². The van der Waals surface area contributed by atoms with Gasteiger partial charge in [0.25, 0.3) is 11.6 Å². The van der Waals surface area contributed by atoms with E-state index in [-0.39, 0.29) is 11.3 Å². The molecule has 0 bridgehead atoms. The van der Waals surface area contributed by atoms with Crippen LogP contribution in [-0.2, 0) is 4.79 Å². The van der Waals surface area contributed by atoms with Gasteiger partial charge < -0.3 is 5.32 Å². The lowest BCUT2D eigenvalue weighted by molar-refractivity contribution is -0.384. The summed E-state index contributed by atoms with van der Waals surface area (Å²) < 4.78 is 0. The molecule has 8 heteroatoms. The number of benzene rings is 1. The van der Waals surface area contributed by atoms with E-state index in [4.69, 9.17) is 0 Å². The van der Waals surface area contributed by atoms with Gasteiger partial charge in [-0.1, -0.05) is 0 Å². The van der Waals surface area contributed by atoms with Gasteiger partial charge in [0.1, 0.15) is 5.54 Å². The van der Waals surface area contributed by atoms with E-state index in [1.54, 1.807) is 13.8 Å². The topological polar surface area (TPSA) is 110 Å². The summed E-state index contributed by atoms with van der Waals surface area (Å²) in [4.78, 5) is 46.4. The fraction of sp³-hybridized carbons (Fsp3) is 0.308. The minimum Gasteiger partial charge on any atom is -0.324 e. The third-order valence-corrected chi connectivity index (χ3v) is 3.15. The summed E-state index contributed by atoms with van der Waals surface area (Å²) in [5.41, 5.74) is -0.971. The van der Waals surface area contributed by atoms with E-state index in [9.17, 15) is 24.5 Å². The molecular weight excluding hydrogens is 278 g/mol. The molecule has 8 nitrogen and oxygen atoms in total. The maximum absolute atomic E-state index is 12.0. The Bertz CT molecular complexity index is 636. The number of nitrogens with zero attached hydrogens (tertiary/aromatic N) is 2. The molecule has 1 saturated heterocycles. The Hall–Kier alpha value is -2.77. The van der Waals surface area contributed by atoms with E-state index >= 15 is 0 Å². The molecule has 1 N–H and O–H groups in total. The van der Waals surface area contributed by atoms with Gasteiger partial charge in [0.15, 0.2) is 5.78 Å². The minimum absolute atomic E-state index is 0.136. The van der Waals surface area contributed by atoms with E-state index in [0.29, 0.717) is 0 Å². The number of Topliss-reactive ketones (excluding diaryl/α,β-unsaturated/α-hetero) is 1. The van der Waals surface area contributed by atoms with Gasteiger partial charge in [0.05, 0.1) is 11.5 Å². The van der Waals surface area contributed by atoms with Crippen LogP contribution in [0, 0.1) is 10.1 Å². The van der Waals surface area contributed by atoms with Crippen molar-refractivity contribution in [1.82, 2.24) is 10.2 Å². The van der Waals surface area contributed by atoms with E-state index in [0.717, 1.165) is 4.90 Å². The summed E-state index contributed by atoms with van der Waals surface area (Å²) in [5, 5.41) is 13.0. The molecule has 3 amide bonds. The number of hydrogen-bond acceptors (Lipinski definition) is 5. The minimum atomic E-state index is -1.03. The van der Waals surface area contributed by atoms with Crippen molar-refractivity contribution in [2.75, 3.05) is 6.54 Å². The number of ketones is 1. The second-order valence-electron chi connectivity index (χ2n) is 5.17. The highest BCUT2D eigenvalue weighted by Crippen LogP contribution is 2.18. The van der Waals surface area contributed by atoms with E-state index in [2.05, 4.69) is 5.32 Å². The molecule has 0 radical (unpaired) electrons. The van der Waals surface area contributed by atoms with Crippen LogP contribution in [0.4, 0.5) is 10.5 Å². The molecule has 0 aromatic heterocycles. The summed E-state index contributed by atoms with van der Waals surface area (Å²) in [6, 6.07) is 4.36. The number of carbonyl (C=O) groups excluding carboxylic acids is 3. The Morgan fingerprint density at radius 2 is 1.86 bits per heavy atom. The lowest BCUT2D eigenvalue weighted by Gasteiger charge is -2.15. The first-order chi connectivity index (χ1) is 9.72. The smallest absolute Gasteiger partial charge is 0.324 e. The fourth-order valence-corrected chi connectivity index (χ4v) is 1.97. The van der Waals surface area contributed by atoms with E-state index in [1.165, 1.54) is 24.3 Å². The van der Waals surface area contributed by atoms with Crippen molar-refractivity contribution >= 4 is 23.4 Å². The molecule has 2 rings (SSSR count). The zero-order chi connectivity index (χ0) is 15.8. The standard InChI is InChI=1S/C13H13N3O5/c1-13(2)11(18)15(12(19)14-13)7-10(17)8-3-5-9(6-4-8)16(20)21/h3-6H,7H2,1-2H3,(H,14,19). The number of rotatable bonds is 4. The molecular formula is C13H13N3O5. The first-order valence-electron chi connectivity index (χ1n) is 6.14. The molecule has 1 fully saturated rings. The largest absolute Gasteiger partial charge is 0.325 e. The summed E-state index contributed by atoms with van der Waals surface area (Å²) in [7, 11) is 0. The molecule has 0 saturated carbocycles. The van der Waals surface area contributed by atoms with Gasteiger partial charge in [-0.3, -0.25) is 24.6 Å². The summed E-state index contributed by atoms with van der Waals surface area (Å²) >= 11 is 0. The fourth-order valence-electron chi connectivity index (χ4n) is 1.97. The molecule has 110 valence electrons. The van der Waals surface area contributed by atoms with Gasteiger partial charge >= 0.3 is 6.03 Å². The predicted molar refractivity (Wildman–Crippen MR) is 71.8 cm³/mol. The third-order valence-electron chi connectivity index (χ3n) is 3.15. The zero-order valence-electron chi connectivity index (χ0n) is 11.5. The van der Waals surface area contributed by atoms with Crippen molar-refractivity contribution in [3.63, 3.8) is 0 Å². The van der Waals surface area contributed by atoms with E-state index < -0.39 is 34.7 Å². The van der Waals surface area contributed by atoms with Crippen molar-refractivity contribution in [3.8, 4) is 0 Å². The normalized spacial score (nSPS) is 16.8. The summed E-state index contributed by atoms with van der Waals surface area (Å²) in [5.74, 6) is -0.950. The number of urea groups is 1. The molecule has 0 aliphatic carbocycles. The van der Waals surface area contributed by atoms with Gasteiger partial charge in [-0.05, 0) is 26.0 Å². The molecule has 0 spiro atoms. The molecule has 1 aliphatic heterocycles. The number of nitro benzene ring substituents is 1. The van der Waals surface area contributed by atoms with Crippen molar-refractivity contribution in [3.05, 3.63) is 39.9 Å². The Kier molecular flexibility index (Phi) is 3.46. The van der Waals surface area contributed by atoms with Crippen LogP contribution in [0.5, 0.6) is 0 Å². The number of nitrogens with one attached hydrogen (secondary N) is 1. The maximum atomic E-state index is 12.0. The number of amides is 3. The number of hydrogen-bond donors (Lipinski definition) is 1. The van der Waals surface area contributed by atoms with Gasteiger partial charge in [-0.25, -0.2) is 4.79 Å². The SMILES string of the molecule is CC1(C)NC(=O)N(CC(=O)c2ccc([N+](=O)[O-])cc2)C1=O. The highest BCUT2D eigenvalue weighted by Gasteiger charge is 2.44. The Balaban J connectivity index is 2.13. The third kappa shape index (κ3) is 2.73. The van der Waals surface area contributed by atoms with E-state index in [1.807, 2.05) is 0 Å². The predicted octanol–water partition coefficient (Wildman–Crippen LogP) is 1.11. The summed E-state index contributed by atoms with van der Waals surface area (Å²) in [6.07, 6.45) is 0. The Labute approximate surface area is 119 Å². The number of imide groups is 1. The lowest BCUT2D eigenvalue weighted by Crippen LogP contribution is -2.41. The van der Waals surface area contributed by atoms with Gasteiger partial charge in [0.2, 0.25) is 0 Å². The number of carbonyl (C=O) groups is 3. The Morgan fingerprint density at radius 1 is 1.29 bits per heavy atom. The van der Waals surface area contributed by atoms with Crippen LogP contribution in [0.3, 0.4) is 0 Å². The number of nitro groups is 1. The second-order valence-corrected chi connectivity index (χ2v) is 5.17. The van der Waals surface area contributed by atoms with Crippen LogP contribution in [0.2, 0.25) is 0 Å². The number of non-ortho nitro benzene ring substituents is 1. The monoisotopic (exact) mass is 291 g/mol. The van der Waals surface area contributed by atoms with Crippen LogP contribution in [0.1, 0.15) is 24.2 Å². The molecule has 1 heterocycles. The first-order valence-corrected chi connectivity index (χ1v) is 6.14. The van der Waals surface area contributed by atoms with Crippen LogP contribution < -0.4 is 5.32 Å². The highest BCUT2D eigenvalue weighted by molar-refractivity contribution is 6.10. The van der Waals surface area contributed by atoms with Crippen LogP contribution in [-0.4, -0.2) is 39.6 Å². The second kappa shape index (κ2) is 4.97. The first kappa shape index (κ1) is 14.6. The van der Waals surface area contributed by atoms with Crippen molar-refractivity contribution < 1.29 is 19.3 Å². The van der Waals surface area contributed by atoms with Crippen molar-refractivity contribution in [1.29, 1.82) is 0 Å². The average Bonchev–Trinajstić information content (AvgIpc) is 2.61. The van der Waals surface area contributed by atoms with Crippen molar-refractivity contribution in [2.45, 2.75) is 19.4 Å². The van der Waals surface area contributed by atoms with Gasteiger partial charge in [0, 0.05) is 17.7 Å². The average molecular weight is 291 g/mol. The van der Waals surface area contributed by atoms with Gasteiger partial charge in [-0.2, -0.15) is 0 Å². The molecule has 1 aliphatic rings.